The molecule has 2 heterocycles. The second-order valence-corrected chi connectivity index (χ2v) is 4.38. The van der Waals surface area contributed by atoms with E-state index in [0.717, 1.165) is 11.3 Å². The van der Waals surface area contributed by atoms with Crippen LogP contribution in [0.15, 0.2) is 48.9 Å². The van der Waals surface area contributed by atoms with E-state index in [-0.39, 0.29) is 0 Å². The normalized spacial score (nSPS) is 10.6. The van der Waals surface area contributed by atoms with Crippen LogP contribution in [0.2, 0.25) is 5.02 Å². The molecule has 0 bridgehead atoms. The lowest BCUT2D eigenvalue weighted by Gasteiger charge is -2.01. The number of benzene rings is 1. The van der Waals surface area contributed by atoms with Crippen LogP contribution in [0.5, 0.6) is 0 Å². The minimum absolute atomic E-state index is 0.508. The SMILES string of the molecule is Nc1cc(-c2cccc(Cl)c2)nn1-c1ccncn1. The summed E-state index contributed by atoms with van der Waals surface area (Å²) >= 11 is 5.97. The van der Waals surface area contributed by atoms with Crippen LogP contribution in [0.1, 0.15) is 0 Å². The lowest BCUT2D eigenvalue weighted by atomic mass is 10.1. The third-order valence-corrected chi connectivity index (χ3v) is 2.88. The Balaban J connectivity index is 2.07. The van der Waals surface area contributed by atoms with Crippen LogP contribution in [-0.4, -0.2) is 19.7 Å². The van der Waals surface area contributed by atoms with Gasteiger partial charge >= 0.3 is 0 Å². The number of hydrogen-bond acceptors (Lipinski definition) is 4. The molecule has 94 valence electrons. The average molecular weight is 272 g/mol. The Morgan fingerprint density at radius 3 is 2.79 bits per heavy atom. The van der Waals surface area contributed by atoms with Crippen molar-refractivity contribution in [2.45, 2.75) is 0 Å². The molecule has 0 aliphatic carbocycles. The van der Waals surface area contributed by atoms with Crippen molar-refractivity contribution in [3.8, 4) is 17.1 Å². The standard InChI is InChI=1S/C13H10ClN5/c14-10-3-1-2-9(6-10)11-7-12(15)19(18-11)13-4-5-16-8-17-13/h1-8H,15H2. The Kier molecular flexibility index (Phi) is 2.89. The molecular formula is C13H10ClN5. The van der Waals surface area contributed by atoms with E-state index in [4.69, 9.17) is 17.3 Å². The number of aromatic nitrogens is 4. The van der Waals surface area contributed by atoms with E-state index in [0.29, 0.717) is 16.7 Å². The van der Waals surface area contributed by atoms with Crippen LogP contribution in [0, 0.1) is 0 Å². The molecule has 6 heteroatoms. The molecular weight excluding hydrogens is 262 g/mol. The van der Waals surface area contributed by atoms with Gasteiger partial charge in [-0.05, 0) is 12.1 Å². The van der Waals surface area contributed by atoms with E-state index in [1.807, 2.05) is 24.3 Å². The highest BCUT2D eigenvalue weighted by Gasteiger charge is 2.09. The first kappa shape index (κ1) is 11.7. The van der Waals surface area contributed by atoms with Gasteiger partial charge in [0.25, 0.3) is 0 Å². The smallest absolute Gasteiger partial charge is 0.159 e. The average Bonchev–Trinajstić information content (AvgIpc) is 2.82. The molecule has 3 rings (SSSR count). The van der Waals surface area contributed by atoms with Crippen molar-refractivity contribution in [1.29, 1.82) is 0 Å². The Hall–Kier alpha value is -2.40. The van der Waals surface area contributed by atoms with Crippen LogP contribution in [0.4, 0.5) is 5.82 Å². The summed E-state index contributed by atoms with van der Waals surface area (Å²) < 4.78 is 1.57. The van der Waals surface area contributed by atoms with E-state index in [2.05, 4.69) is 15.1 Å². The quantitative estimate of drug-likeness (QED) is 0.778. The molecule has 0 amide bonds. The van der Waals surface area contributed by atoms with Crippen molar-refractivity contribution in [2.24, 2.45) is 0 Å². The number of halogens is 1. The molecule has 0 saturated heterocycles. The van der Waals surface area contributed by atoms with Crippen LogP contribution < -0.4 is 5.73 Å². The second kappa shape index (κ2) is 4.70. The fraction of sp³-hybridized carbons (Fsp3) is 0. The molecule has 0 saturated carbocycles. The number of anilines is 1. The third kappa shape index (κ3) is 2.28. The van der Waals surface area contributed by atoms with Gasteiger partial charge in [-0.2, -0.15) is 9.78 Å². The monoisotopic (exact) mass is 271 g/mol. The highest BCUT2D eigenvalue weighted by atomic mass is 35.5. The van der Waals surface area contributed by atoms with Crippen molar-refractivity contribution in [3.63, 3.8) is 0 Å². The van der Waals surface area contributed by atoms with Gasteiger partial charge in [-0.15, -0.1) is 0 Å². The van der Waals surface area contributed by atoms with E-state index in [1.54, 1.807) is 23.0 Å². The van der Waals surface area contributed by atoms with Gasteiger partial charge in [0.1, 0.15) is 12.1 Å². The van der Waals surface area contributed by atoms with Crippen molar-refractivity contribution in [3.05, 3.63) is 53.9 Å². The van der Waals surface area contributed by atoms with Gasteiger partial charge < -0.3 is 5.73 Å². The lowest BCUT2D eigenvalue weighted by Crippen LogP contribution is -2.03. The van der Waals surface area contributed by atoms with Crippen molar-refractivity contribution in [2.75, 3.05) is 5.73 Å². The number of nitrogen functional groups attached to an aromatic ring is 1. The van der Waals surface area contributed by atoms with E-state index in [1.165, 1.54) is 6.33 Å². The Labute approximate surface area is 114 Å². The molecule has 0 unspecified atom stereocenters. The minimum atomic E-state index is 0.508. The van der Waals surface area contributed by atoms with Gasteiger partial charge in [-0.1, -0.05) is 23.7 Å². The van der Waals surface area contributed by atoms with Crippen LogP contribution in [-0.2, 0) is 0 Å². The zero-order valence-electron chi connectivity index (χ0n) is 9.86. The summed E-state index contributed by atoms with van der Waals surface area (Å²) in [6.07, 6.45) is 3.10. The number of rotatable bonds is 2. The Bertz CT molecular complexity index is 708. The molecule has 0 aliphatic rings. The summed E-state index contributed by atoms with van der Waals surface area (Å²) in [4.78, 5) is 7.98. The first-order chi connectivity index (χ1) is 9.24. The zero-order chi connectivity index (χ0) is 13.2. The van der Waals surface area contributed by atoms with Gasteiger partial charge in [0.2, 0.25) is 0 Å². The molecule has 0 atom stereocenters. The largest absolute Gasteiger partial charge is 0.384 e. The summed E-state index contributed by atoms with van der Waals surface area (Å²) in [5.41, 5.74) is 7.61. The van der Waals surface area contributed by atoms with Gasteiger partial charge in [0.05, 0.1) is 5.69 Å². The van der Waals surface area contributed by atoms with Crippen LogP contribution in [0.25, 0.3) is 17.1 Å². The van der Waals surface area contributed by atoms with Crippen molar-refractivity contribution < 1.29 is 0 Å². The molecule has 1 aromatic carbocycles. The van der Waals surface area contributed by atoms with Crippen molar-refractivity contribution >= 4 is 17.4 Å². The summed E-state index contributed by atoms with van der Waals surface area (Å²) in [7, 11) is 0. The van der Waals surface area contributed by atoms with E-state index < -0.39 is 0 Å². The molecule has 0 aliphatic heterocycles. The van der Waals surface area contributed by atoms with Gasteiger partial charge in [-0.25, -0.2) is 9.97 Å². The molecule has 5 nitrogen and oxygen atoms in total. The maximum Gasteiger partial charge on any atom is 0.159 e. The first-order valence-corrected chi connectivity index (χ1v) is 6.00. The summed E-state index contributed by atoms with van der Waals surface area (Å²) in [6.45, 7) is 0. The molecule has 2 N–H and O–H groups in total. The zero-order valence-corrected chi connectivity index (χ0v) is 10.6. The molecule has 0 spiro atoms. The lowest BCUT2D eigenvalue weighted by molar-refractivity contribution is 0.852. The van der Waals surface area contributed by atoms with Gasteiger partial charge in [0, 0.05) is 28.9 Å². The van der Waals surface area contributed by atoms with E-state index in [9.17, 15) is 0 Å². The topological polar surface area (TPSA) is 69.6 Å². The molecule has 3 aromatic rings. The van der Waals surface area contributed by atoms with Crippen molar-refractivity contribution in [1.82, 2.24) is 19.7 Å². The van der Waals surface area contributed by atoms with Crippen LogP contribution >= 0.6 is 11.6 Å². The van der Waals surface area contributed by atoms with Crippen LogP contribution in [0.3, 0.4) is 0 Å². The molecule has 19 heavy (non-hydrogen) atoms. The Morgan fingerprint density at radius 2 is 2.05 bits per heavy atom. The van der Waals surface area contributed by atoms with E-state index >= 15 is 0 Å². The molecule has 0 fully saturated rings. The summed E-state index contributed by atoms with van der Waals surface area (Å²) in [5, 5.41) is 5.09. The fourth-order valence-corrected chi connectivity index (χ4v) is 1.97. The maximum absolute atomic E-state index is 5.97. The van der Waals surface area contributed by atoms with Gasteiger partial charge in [0.15, 0.2) is 5.82 Å². The second-order valence-electron chi connectivity index (χ2n) is 3.94. The first-order valence-electron chi connectivity index (χ1n) is 5.62. The summed E-state index contributed by atoms with van der Waals surface area (Å²) in [6, 6.07) is 11.0. The van der Waals surface area contributed by atoms with Gasteiger partial charge in [-0.3, -0.25) is 0 Å². The predicted octanol–water partition coefficient (Wildman–Crippen LogP) is 2.56. The highest BCUT2D eigenvalue weighted by molar-refractivity contribution is 6.30. The molecule has 2 aromatic heterocycles. The predicted molar refractivity (Wildman–Crippen MR) is 74.0 cm³/mol. The number of nitrogens with two attached hydrogens (primary N) is 1. The Morgan fingerprint density at radius 1 is 1.16 bits per heavy atom. The number of nitrogens with zero attached hydrogens (tertiary/aromatic N) is 4. The highest BCUT2D eigenvalue weighted by Crippen LogP contribution is 2.24. The third-order valence-electron chi connectivity index (χ3n) is 2.64. The minimum Gasteiger partial charge on any atom is -0.384 e. The number of hydrogen-bond donors (Lipinski definition) is 1. The summed E-state index contributed by atoms with van der Waals surface area (Å²) in [5.74, 6) is 1.13. The maximum atomic E-state index is 5.97. The fourth-order valence-electron chi connectivity index (χ4n) is 1.78. The molecule has 0 radical (unpaired) electrons.